The molecule has 0 saturated heterocycles. The standard InChI is InChI=1S/C19H44O4Si2/c1-7-11-15-20-24(5,21-16-12-8-2)19-25(6,22-17-13-9-3)23-18-14-10-4/h7-19H2,1-6H3. The Morgan fingerprint density at radius 1 is 0.480 bits per heavy atom. The Hall–Kier alpha value is 0.274. The first-order chi connectivity index (χ1) is 11.9. The lowest BCUT2D eigenvalue weighted by atomic mass is 10.4. The highest BCUT2D eigenvalue weighted by Gasteiger charge is 2.45. The monoisotopic (exact) mass is 392 g/mol. The zero-order valence-corrected chi connectivity index (χ0v) is 19.8. The lowest BCUT2D eigenvalue weighted by Crippen LogP contribution is -2.52. The lowest BCUT2D eigenvalue weighted by molar-refractivity contribution is 0.150. The molecular weight excluding hydrogens is 348 g/mol. The molecule has 0 rings (SSSR count). The van der Waals surface area contributed by atoms with Crippen molar-refractivity contribution in [3.63, 3.8) is 0 Å². The molecule has 0 bridgehead atoms. The Kier molecular flexibility index (Phi) is 15.5. The second-order valence-electron chi connectivity index (χ2n) is 7.25. The van der Waals surface area contributed by atoms with Crippen molar-refractivity contribution < 1.29 is 17.7 Å². The Morgan fingerprint density at radius 3 is 0.920 bits per heavy atom. The third-order valence-electron chi connectivity index (χ3n) is 4.26. The Morgan fingerprint density at radius 2 is 0.720 bits per heavy atom. The first-order valence-corrected chi connectivity index (χ1v) is 15.6. The molecule has 0 atom stereocenters. The fourth-order valence-electron chi connectivity index (χ4n) is 2.60. The summed E-state index contributed by atoms with van der Waals surface area (Å²) in [4.78, 5) is 0. The van der Waals surface area contributed by atoms with Gasteiger partial charge in [0.15, 0.2) is 0 Å². The number of hydrogen-bond donors (Lipinski definition) is 0. The van der Waals surface area contributed by atoms with E-state index < -0.39 is 17.1 Å². The molecule has 0 aliphatic heterocycles. The van der Waals surface area contributed by atoms with Gasteiger partial charge in [-0.05, 0) is 38.8 Å². The van der Waals surface area contributed by atoms with Crippen LogP contribution in [0.4, 0.5) is 0 Å². The van der Waals surface area contributed by atoms with Crippen molar-refractivity contribution in [2.75, 3.05) is 26.4 Å². The molecule has 0 N–H and O–H groups in total. The molecule has 0 aliphatic rings. The lowest BCUT2D eigenvalue weighted by Gasteiger charge is -2.35. The number of unbranched alkanes of at least 4 members (excludes halogenated alkanes) is 4. The maximum atomic E-state index is 6.32. The van der Waals surface area contributed by atoms with Crippen LogP contribution in [0.3, 0.4) is 0 Å². The molecule has 4 nitrogen and oxygen atoms in total. The van der Waals surface area contributed by atoms with Crippen LogP contribution in [0.25, 0.3) is 0 Å². The molecule has 152 valence electrons. The summed E-state index contributed by atoms with van der Waals surface area (Å²) in [5, 5.41) is 0. The van der Waals surface area contributed by atoms with Gasteiger partial charge in [-0.1, -0.05) is 53.4 Å². The predicted molar refractivity (Wildman–Crippen MR) is 111 cm³/mol. The van der Waals surface area contributed by atoms with Gasteiger partial charge in [-0.3, -0.25) is 0 Å². The third kappa shape index (κ3) is 13.1. The molecule has 25 heavy (non-hydrogen) atoms. The molecule has 0 fully saturated rings. The summed E-state index contributed by atoms with van der Waals surface area (Å²) in [6, 6.07) is 0. The minimum atomic E-state index is -2.27. The van der Waals surface area contributed by atoms with Gasteiger partial charge in [0.2, 0.25) is 0 Å². The summed E-state index contributed by atoms with van der Waals surface area (Å²) >= 11 is 0. The van der Waals surface area contributed by atoms with Crippen molar-refractivity contribution in [3.05, 3.63) is 0 Å². The minimum absolute atomic E-state index is 0.791. The van der Waals surface area contributed by atoms with E-state index in [-0.39, 0.29) is 0 Å². The van der Waals surface area contributed by atoms with Crippen LogP contribution in [0, 0.1) is 0 Å². The molecule has 0 saturated carbocycles. The molecule has 0 radical (unpaired) electrons. The van der Waals surface area contributed by atoms with E-state index in [0.717, 1.165) is 83.5 Å². The van der Waals surface area contributed by atoms with Gasteiger partial charge in [0.05, 0.1) is 0 Å². The van der Waals surface area contributed by atoms with Gasteiger partial charge in [0, 0.05) is 32.1 Å². The maximum Gasteiger partial charge on any atom is 0.336 e. The quantitative estimate of drug-likeness (QED) is 0.214. The largest absolute Gasteiger partial charge is 0.394 e. The highest BCUT2D eigenvalue weighted by atomic mass is 28.4. The average molecular weight is 393 g/mol. The van der Waals surface area contributed by atoms with Crippen molar-refractivity contribution in [1.29, 1.82) is 0 Å². The van der Waals surface area contributed by atoms with E-state index >= 15 is 0 Å². The van der Waals surface area contributed by atoms with Gasteiger partial charge in [-0.25, -0.2) is 0 Å². The van der Waals surface area contributed by atoms with Gasteiger partial charge in [0.25, 0.3) is 0 Å². The molecule has 0 aromatic heterocycles. The molecular formula is C19H44O4Si2. The van der Waals surface area contributed by atoms with E-state index in [1.807, 2.05) is 0 Å². The molecule has 0 amide bonds. The SMILES string of the molecule is CCCCO[Si](C)(C[Si](C)(OCCCC)OCCCC)OCCCC. The summed E-state index contributed by atoms with van der Waals surface area (Å²) < 4.78 is 25.3. The predicted octanol–water partition coefficient (Wildman–Crippen LogP) is 5.94. The van der Waals surface area contributed by atoms with Crippen LogP contribution in [0.1, 0.15) is 79.1 Å². The van der Waals surface area contributed by atoms with Crippen LogP contribution in [0.5, 0.6) is 0 Å². The fourth-order valence-corrected chi connectivity index (χ4v) is 11.4. The van der Waals surface area contributed by atoms with E-state index in [9.17, 15) is 0 Å². The van der Waals surface area contributed by atoms with Crippen molar-refractivity contribution in [2.45, 2.75) is 97.8 Å². The molecule has 0 spiro atoms. The zero-order valence-electron chi connectivity index (χ0n) is 17.8. The van der Waals surface area contributed by atoms with Crippen LogP contribution < -0.4 is 0 Å². The van der Waals surface area contributed by atoms with Crippen molar-refractivity contribution >= 4 is 17.1 Å². The first kappa shape index (κ1) is 25.3. The Labute approximate surface area is 159 Å². The summed E-state index contributed by atoms with van der Waals surface area (Å²) in [6.45, 7) is 16.4. The van der Waals surface area contributed by atoms with Crippen LogP contribution in [-0.2, 0) is 17.7 Å². The molecule has 0 unspecified atom stereocenters. The van der Waals surface area contributed by atoms with Crippen molar-refractivity contribution in [2.24, 2.45) is 0 Å². The number of rotatable bonds is 18. The summed E-state index contributed by atoms with van der Waals surface area (Å²) in [5.74, 6) is 0. The molecule has 0 aromatic rings. The first-order valence-electron chi connectivity index (χ1n) is 10.5. The van der Waals surface area contributed by atoms with E-state index in [1.165, 1.54) is 0 Å². The van der Waals surface area contributed by atoms with E-state index in [4.69, 9.17) is 17.7 Å². The highest BCUT2D eigenvalue weighted by Crippen LogP contribution is 2.26. The van der Waals surface area contributed by atoms with Gasteiger partial charge >= 0.3 is 17.1 Å². The maximum absolute atomic E-state index is 6.32. The second-order valence-corrected chi connectivity index (χ2v) is 14.4. The highest BCUT2D eigenvalue weighted by molar-refractivity contribution is 6.84. The smallest absolute Gasteiger partial charge is 0.336 e. The third-order valence-corrected chi connectivity index (χ3v) is 12.7. The summed E-state index contributed by atoms with van der Waals surface area (Å²) in [5.41, 5.74) is 0.862. The van der Waals surface area contributed by atoms with Crippen LogP contribution in [0.2, 0.25) is 18.8 Å². The van der Waals surface area contributed by atoms with E-state index in [2.05, 4.69) is 40.8 Å². The summed E-state index contributed by atoms with van der Waals surface area (Å²) in [6.07, 6.45) is 8.94. The van der Waals surface area contributed by atoms with Crippen LogP contribution >= 0.6 is 0 Å². The minimum Gasteiger partial charge on any atom is -0.394 e. The Balaban J connectivity index is 4.90. The normalized spacial score (nSPS) is 12.7. The van der Waals surface area contributed by atoms with Gasteiger partial charge in [-0.2, -0.15) is 0 Å². The summed E-state index contributed by atoms with van der Waals surface area (Å²) in [7, 11) is -4.54. The fraction of sp³-hybridized carbons (Fsp3) is 1.00. The average Bonchev–Trinajstić information content (AvgIpc) is 2.56. The second kappa shape index (κ2) is 15.3. The Bertz CT molecular complexity index is 255. The van der Waals surface area contributed by atoms with E-state index in [1.54, 1.807) is 0 Å². The molecule has 6 heteroatoms. The van der Waals surface area contributed by atoms with Crippen LogP contribution in [0.15, 0.2) is 0 Å². The van der Waals surface area contributed by atoms with E-state index in [0.29, 0.717) is 0 Å². The van der Waals surface area contributed by atoms with Crippen molar-refractivity contribution in [1.82, 2.24) is 0 Å². The van der Waals surface area contributed by atoms with Gasteiger partial charge in [-0.15, -0.1) is 0 Å². The zero-order chi connectivity index (χ0) is 19.0. The molecule has 0 aromatic carbocycles. The van der Waals surface area contributed by atoms with Gasteiger partial charge < -0.3 is 17.7 Å². The molecule has 0 heterocycles. The van der Waals surface area contributed by atoms with Crippen molar-refractivity contribution in [3.8, 4) is 0 Å². The van der Waals surface area contributed by atoms with Crippen LogP contribution in [-0.4, -0.2) is 43.5 Å². The topological polar surface area (TPSA) is 36.9 Å². The number of hydrogen-bond acceptors (Lipinski definition) is 4. The van der Waals surface area contributed by atoms with Gasteiger partial charge in [0.1, 0.15) is 0 Å². The molecule has 0 aliphatic carbocycles.